The summed E-state index contributed by atoms with van der Waals surface area (Å²) in [6.07, 6.45) is 1.71. The summed E-state index contributed by atoms with van der Waals surface area (Å²) < 4.78 is 0. The van der Waals surface area contributed by atoms with Gasteiger partial charge in [-0.2, -0.15) is 0 Å². The van der Waals surface area contributed by atoms with Crippen molar-refractivity contribution in [3.8, 4) is 0 Å². The first-order valence-corrected chi connectivity index (χ1v) is 4.34. The van der Waals surface area contributed by atoms with E-state index in [1.165, 1.54) is 0 Å². The van der Waals surface area contributed by atoms with E-state index in [4.69, 9.17) is 0 Å². The zero-order valence-electron chi connectivity index (χ0n) is 7.96. The van der Waals surface area contributed by atoms with Gasteiger partial charge in [0.15, 0.2) is 0 Å². The minimum atomic E-state index is -0.101. The van der Waals surface area contributed by atoms with Gasteiger partial charge in [0.2, 0.25) is 0 Å². The van der Waals surface area contributed by atoms with Gasteiger partial charge in [-0.3, -0.25) is 4.90 Å². The molecular formula is C9H19NO. The second kappa shape index (κ2) is 2.76. The number of likely N-dealkylation sites (tertiary alicyclic amines) is 1. The second-order valence-corrected chi connectivity index (χ2v) is 4.37. The van der Waals surface area contributed by atoms with E-state index in [0.717, 1.165) is 12.8 Å². The normalized spacial score (nSPS) is 39.0. The average molecular weight is 157 g/mol. The lowest BCUT2D eigenvalue weighted by atomic mass is 9.86. The van der Waals surface area contributed by atoms with Crippen LogP contribution < -0.4 is 0 Å². The molecule has 0 saturated carbocycles. The van der Waals surface area contributed by atoms with Gasteiger partial charge in [-0.25, -0.2) is 0 Å². The predicted octanol–water partition coefficient (Wildman–Crippen LogP) is 1.24. The van der Waals surface area contributed by atoms with Crippen molar-refractivity contribution in [1.82, 2.24) is 4.90 Å². The Morgan fingerprint density at radius 3 is 2.45 bits per heavy atom. The molecule has 2 nitrogen and oxygen atoms in total. The molecule has 1 fully saturated rings. The number of hydrogen-bond acceptors (Lipinski definition) is 2. The fraction of sp³-hybridized carbons (Fsp3) is 1.00. The van der Waals surface area contributed by atoms with Crippen molar-refractivity contribution in [2.45, 2.75) is 51.3 Å². The zero-order valence-corrected chi connectivity index (χ0v) is 7.96. The Bertz CT molecular complexity index is 144. The van der Waals surface area contributed by atoms with Crippen LogP contribution in [0.25, 0.3) is 0 Å². The summed E-state index contributed by atoms with van der Waals surface area (Å²) in [7, 11) is 2.14. The minimum Gasteiger partial charge on any atom is -0.393 e. The van der Waals surface area contributed by atoms with Crippen molar-refractivity contribution in [2.24, 2.45) is 0 Å². The molecule has 0 aromatic carbocycles. The van der Waals surface area contributed by atoms with E-state index in [2.05, 4.69) is 32.7 Å². The van der Waals surface area contributed by atoms with Crippen LogP contribution in [0.5, 0.6) is 0 Å². The number of aliphatic hydroxyl groups excluding tert-OH is 1. The maximum atomic E-state index is 9.51. The first kappa shape index (κ1) is 9.01. The third-order valence-electron chi connectivity index (χ3n) is 2.96. The van der Waals surface area contributed by atoms with Crippen LogP contribution >= 0.6 is 0 Å². The van der Waals surface area contributed by atoms with E-state index in [1.54, 1.807) is 0 Å². The SMILES string of the molecule is C[C@@H]1C[C@@H](O)CC(C)(C)N1C. The molecule has 1 aliphatic rings. The molecule has 1 aliphatic heterocycles. The van der Waals surface area contributed by atoms with E-state index in [9.17, 15) is 5.11 Å². The second-order valence-electron chi connectivity index (χ2n) is 4.37. The fourth-order valence-corrected chi connectivity index (χ4v) is 1.95. The Labute approximate surface area is 69.2 Å². The first-order valence-electron chi connectivity index (χ1n) is 4.34. The van der Waals surface area contributed by atoms with E-state index in [-0.39, 0.29) is 11.6 Å². The van der Waals surface area contributed by atoms with Gasteiger partial charge in [-0.1, -0.05) is 0 Å². The van der Waals surface area contributed by atoms with E-state index < -0.39 is 0 Å². The van der Waals surface area contributed by atoms with E-state index >= 15 is 0 Å². The molecule has 0 bridgehead atoms. The number of nitrogens with zero attached hydrogens (tertiary/aromatic N) is 1. The third kappa shape index (κ3) is 1.74. The monoisotopic (exact) mass is 157 g/mol. The summed E-state index contributed by atoms with van der Waals surface area (Å²) in [5, 5.41) is 9.51. The Kier molecular flexibility index (Phi) is 2.26. The van der Waals surface area contributed by atoms with Gasteiger partial charge in [0.25, 0.3) is 0 Å². The van der Waals surface area contributed by atoms with Gasteiger partial charge in [-0.15, -0.1) is 0 Å². The van der Waals surface area contributed by atoms with Crippen molar-refractivity contribution in [1.29, 1.82) is 0 Å². The molecule has 0 radical (unpaired) electrons. The molecular weight excluding hydrogens is 138 g/mol. The Balaban J connectivity index is 2.67. The number of piperidine rings is 1. The first-order chi connectivity index (χ1) is 4.93. The topological polar surface area (TPSA) is 23.5 Å². The van der Waals surface area contributed by atoms with Gasteiger partial charge in [0.1, 0.15) is 0 Å². The Morgan fingerprint density at radius 2 is 2.00 bits per heavy atom. The van der Waals surface area contributed by atoms with Crippen LogP contribution in [-0.2, 0) is 0 Å². The zero-order chi connectivity index (χ0) is 8.65. The molecule has 0 aromatic heterocycles. The van der Waals surface area contributed by atoms with Crippen LogP contribution in [0.3, 0.4) is 0 Å². The predicted molar refractivity (Wildman–Crippen MR) is 46.5 cm³/mol. The van der Waals surface area contributed by atoms with Crippen LogP contribution in [0.4, 0.5) is 0 Å². The van der Waals surface area contributed by atoms with Crippen molar-refractivity contribution in [3.63, 3.8) is 0 Å². The summed E-state index contributed by atoms with van der Waals surface area (Å²) >= 11 is 0. The molecule has 66 valence electrons. The van der Waals surface area contributed by atoms with Crippen molar-refractivity contribution >= 4 is 0 Å². The highest BCUT2D eigenvalue weighted by molar-refractivity contribution is 4.91. The molecule has 0 aromatic rings. The summed E-state index contributed by atoms with van der Waals surface area (Å²) in [5.41, 5.74) is 0.164. The summed E-state index contributed by atoms with van der Waals surface area (Å²) in [5.74, 6) is 0. The van der Waals surface area contributed by atoms with Crippen LogP contribution in [0, 0.1) is 0 Å². The fourth-order valence-electron chi connectivity index (χ4n) is 1.95. The van der Waals surface area contributed by atoms with Crippen molar-refractivity contribution < 1.29 is 5.11 Å². The third-order valence-corrected chi connectivity index (χ3v) is 2.96. The maximum Gasteiger partial charge on any atom is 0.0572 e. The molecule has 0 aliphatic carbocycles. The van der Waals surface area contributed by atoms with Crippen LogP contribution in [0.15, 0.2) is 0 Å². The quantitative estimate of drug-likeness (QED) is 0.572. The standard InChI is InChI=1S/C9H19NO/c1-7-5-8(11)6-9(2,3)10(7)4/h7-8,11H,5-6H2,1-4H3/t7-,8-/m1/s1. The molecule has 1 N–H and O–H groups in total. The largest absolute Gasteiger partial charge is 0.393 e. The number of rotatable bonds is 0. The Hall–Kier alpha value is -0.0800. The number of hydrogen-bond donors (Lipinski definition) is 1. The van der Waals surface area contributed by atoms with Gasteiger partial charge in [0, 0.05) is 11.6 Å². The van der Waals surface area contributed by atoms with Gasteiger partial charge in [0.05, 0.1) is 6.10 Å². The minimum absolute atomic E-state index is 0.101. The van der Waals surface area contributed by atoms with Crippen LogP contribution in [0.1, 0.15) is 33.6 Å². The van der Waals surface area contributed by atoms with Gasteiger partial charge < -0.3 is 5.11 Å². The highest BCUT2D eigenvalue weighted by Gasteiger charge is 2.35. The maximum absolute atomic E-state index is 9.51. The lowest BCUT2D eigenvalue weighted by molar-refractivity contribution is -0.0192. The van der Waals surface area contributed by atoms with Crippen molar-refractivity contribution in [2.75, 3.05) is 7.05 Å². The lowest BCUT2D eigenvalue weighted by Gasteiger charge is -2.46. The van der Waals surface area contributed by atoms with E-state index in [1.807, 2.05) is 0 Å². The smallest absolute Gasteiger partial charge is 0.0572 e. The van der Waals surface area contributed by atoms with Gasteiger partial charge >= 0.3 is 0 Å². The van der Waals surface area contributed by atoms with Gasteiger partial charge in [-0.05, 0) is 40.7 Å². The molecule has 1 rings (SSSR count). The summed E-state index contributed by atoms with van der Waals surface area (Å²) in [6.45, 7) is 6.54. The highest BCUT2D eigenvalue weighted by Crippen LogP contribution is 2.29. The molecule has 0 amide bonds. The van der Waals surface area contributed by atoms with Crippen LogP contribution in [0.2, 0.25) is 0 Å². The molecule has 11 heavy (non-hydrogen) atoms. The molecule has 2 atom stereocenters. The molecule has 0 unspecified atom stereocenters. The summed E-state index contributed by atoms with van der Waals surface area (Å²) in [4.78, 5) is 2.35. The lowest BCUT2D eigenvalue weighted by Crippen LogP contribution is -2.53. The summed E-state index contributed by atoms with van der Waals surface area (Å²) in [6, 6.07) is 0.508. The van der Waals surface area contributed by atoms with Crippen LogP contribution in [-0.4, -0.2) is 34.7 Å². The average Bonchev–Trinajstić information content (AvgIpc) is 1.81. The molecule has 2 heteroatoms. The Morgan fingerprint density at radius 1 is 1.45 bits per heavy atom. The number of aliphatic hydroxyl groups is 1. The molecule has 1 heterocycles. The van der Waals surface area contributed by atoms with Crippen molar-refractivity contribution in [3.05, 3.63) is 0 Å². The van der Waals surface area contributed by atoms with E-state index in [0.29, 0.717) is 6.04 Å². The highest BCUT2D eigenvalue weighted by atomic mass is 16.3. The molecule has 0 spiro atoms. The molecule has 1 saturated heterocycles.